The number of hydrogen-bond donors (Lipinski definition) is 1. The summed E-state index contributed by atoms with van der Waals surface area (Å²) in [7, 11) is 0. The summed E-state index contributed by atoms with van der Waals surface area (Å²) in [4.78, 5) is 19.8. The van der Waals surface area contributed by atoms with Gasteiger partial charge in [-0.2, -0.15) is 0 Å². The van der Waals surface area contributed by atoms with E-state index >= 15 is 0 Å². The van der Waals surface area contributed by atoms with Gasteiger partial charge < -0.3 is 5.11 Å². The van der Waals surface area contributed by atoms with E-state index in [1.165, 1.54) is 11.3 Å². The van der Waals surface area contributed by atoms with Crippen LogP contribution < -0.4 is 0 Å². The van der Waals surface area contributed by atoms with Crippen LogP contribution in [0.2, 0.25) is 0 Å². The van der Waals surface area contributed by atoms with Crippen molar-refractivity contribution < 1.29 is 9.90 Å². The zero-order chi connectivity index (χ0) is 11.5. The van der Waals surface area contributed by atoms with E-state index in [0.717, 1.165) is 15.4 Å². The first kappa shape index (κ1) is 10.8. The van der Waals surface area contributed by atoms with E-state index in [2.05, 4.69) is 9.97 Å². The van der Waals surface area contributed by atoms with Crippen LogP contribution in [0.5, 0.6) is 0 Å². The normalized spacial score (nSPS) is 10.3. The standard InChI is InChI=1S/C11H10N2O2S/c1-7-13-9(6-10(14)15)11(16-7)8-2-4-12-5-3-8/h2-5H,6H2,1H3,(H,14,15). The molecule has 0 spiro atoms. The van der Waals surface area contributed by atoms with Gasteiger partial charge in [0.2, 0.25) is 0 Å². The Labute approximate surface area is 96.6 Å². The molecule has 0 aromatic carbocycles. The maximum atomic E-state index is 10.7. The second-order valence-corrected chi connectivity index (χ2v) is 4.52. The van der Waals surface area contributed by atoms with Gasteiger partial charge >= 0.3 is 5.97 Å². The number of carbonyl (C=O) groups is 1. The maximum Gasteiger partial charge on any atom is 0.309 e. The quantitative estimate of drug-likeness (QED) is 0.883. The Morgan fingerprint density at radius 1 is 1.44 bits per heavy atom. The molecule has 0 unspecified atom stereocenters. The first-order valence-electron chi connectivity index (χ1n) is 4.75. The van der Waals surface area contributed by atoms with Crippen LogP contribution in [0.3, 0.4) is 0 Å². The highest BCUT2D eigenvalue weighted by Gasteiger charge is 2.13. The fourth-order valence-electron chi connectivity index (χ4n) is 1.46. The minimum atomic E-state index is -0.861. The first-order chi connectivity index (χ1) is 7.66. The Morgan fingerprint density at radius 3 is 2.75 bits per heavy atom. The van der Waals surface area contributed by atoms with Crippen LogP contribution in [0, 0.1) is 6.92 Å². The number of hydrogen-bond acceptors (Lipinski definition) is 4. The fraction of sp³-hybridized carbons (Fsp3) is 0.182. The van der Waals surface area contributed by atoms with Crippen LogP contribution >= 0.6 is 11.3 Å². The molecule has 0 saturated carbocycles. The van der Waals surface area contributed by atoms with Crippen molar-refractivity contribution in [2.45, 2.75) is 13.3 Å². The molecular formula is C11H10N2O2S. The maximum absolute atomic E-state index is 10.7. The second-order valence-electron chi connectivity index (χ2n) is 3.32. The molecule has 2 rings (SSSR count). The Balaban J connectivity index is 2.44. The molecule has 82 valence electrons. The SMILES string of the molecule is Cc1nc(CC(=O)O)c(-c2ccncc2)s1. The van der Waals surface area contributed by atoms with E-state index in [1.54, 1.807) is 12.4 Å². The average Bonchev–Trinajstić information content (AvgIpc) is 2.60. The number of pyridine rings is 1. The van der Waals surface area contributed by atoms with Gasteiger partial charge in [-0.15, -0.1) is 11.3 Å². The summed E-state index contributed by atoms with van der Waals surface area (Å²) in [5.74, 6) is -0.861. The first-order valence-corrected chi connectivity index (χ1v) is 5.57. The Kier molecular flexibility index (Phi) is 2.96. The second kappa shape index (κ2) is 4.40. The molecule has 16 heavy (non-hydrogen) atoms. The monoisotopic (exact) mass is 234 g/mol. The van der Waals surface area contributed by atoms with Crippen LogP contribution in [0.4, 0.5) is 0 Å². The molecule has 0 aliphatic heterocycles. The van der Waals surface area contributed by atoms with Crippen molar-refractivity contribution in [3.05, 3.63) is 35.2 Å². The zero-order valence-electron chi connectivity index (χ0n) is 8.67. The van der Waals surface area contributed by atoms with Gasteiger partial charge in [-0.25, -0.2) is 4.98 Å². The Hall–Kier alpha value is -1.75. The molecule has 2 aromatic heterocycles. The predicted molar refractivity (Wildman–Crippen MR) is 61.4 cm³/mol. The lowest BCUT2D eigenvalue weighted by molar-refractivity contribution is -0.136. The van der Waals surface area contributed by atoms with Crippen molar-refractivity contribution in [1.82, 2.24) is 9.97 Å². The summed E-state index contributed by atoms with van der Waals surface area (Å²) < 4.78 is 0. The van der Waals surface area contributed by atoms with E-state index in [1.807, 2.05) is 19.1 Å². The van der Waals surface area contributed by atoms with Gasteiger partial charge in [0.25, 0.3) is 0 Å². The van der Waals surface area contributed by atoms with Crippen molar-refractivity contribution in [2.24, 2.45) is 0 Å². The Bertz CT molecular complexity index is 508. The molecule has 0 fully saturated rings. The molecule has 1 N–H and O–H groups in total. The highest BCUT2D eigenvalue weighted by molar-refractivity contribution is 7.15. The highest BCUT2D eigenvalue weighted by atomic mass is 32.1. The molecule has 0 aliphatic rings. The van der Waals surface area contributed by atoms with Gasteiger partial charge in [0.1, 0.15) is 0 Å². The average molecular weight is 234 g/mol. The summed E-state index contributed by atoms with van der Waals surface area (Å²) in [6.07, 6.45) is 3.34. The number of thiazole rings is 1. The lowest BCUT2D eigenvalue weighted by Gasteiger charge is -1.98. The van der Waals surface area contributed by atoms with Crippen LogP contribution in [0.1, 0.15) is 10.7 Å². The number of rotatable bonds is 3. The highest BCUT2D eigenvalue weighted by Crippen LogP contribution is 2.29. The minimum Gasteiger partial charge on any atom is -0.481 e. The summed E-state index contributed by atoms with van der Waals surface area (Å²) in [6, 6.07) is 3.72. The fourth-order valence-corrected chi connectivity index (χ4v) is 2.40. The molecule has 4 nitrogen and oxygen atoms in total. The molecule has 0 radical (unpaired) electrons. The number of aromatic nitrogens is 2. The van der Waals surface area contributed by atoms with Gasteiger partial charge in [0.05, 0.1) is 22.0 Å². The minimum absolute atomic E-state index is 0.0397. The number of nitrogens with zero attached hydrogens (tertiary/aromatic N) is 2. The molecule has 0 atom stereocenters. The Morgan fingerprint density at radius 2 is 2.12 bits per heavy atom. The van der Waals surface area contributed by atoms with Crippen molar-refractivity contribution >= 4 is 17.3 Å². The van der Waals surface area contributed by atoms with Gasteiger partial charge in [-0.3, -0.25) is 9.78 Å². The largest absolute Gasteiger partial charge is 0.481 e. The smallest absolute Gasteiger partial charge is 0.309 e. The van der Waals surface area contributed by atoms with Crippen LogP contribution in [-0.2, 0) is 11.2 Å². The van der Waals surface area contributed by atoms with E-state index in [9.17, 15) is 4.79 Å². The van der Waals surface area contributed by atoms with Gasteiger partial charge in [-0.05, 0) is 24.6 Å². The molecule has 0 amide bonds. The van der Waals surface area contributed by atoms with E-state index in [-0.39, 0.29) is 6.42 Å². The molecule has 0 bridgehead atoms. The van der Waals surface area contributed by atoms with Gasteiger partial charge in [-0.1, -0.05) is 0 Å². The van der Waals surface area contributed by atoms with E-state index in [0.29, 0.717) is 5.69 Å². The molecule has 2 aromatic rings. The molecule has 0 saturated heterocycles. The lowest BCUT2D eigenvalue weighted by Crippen LogP contribution is -2.01. The van der Waals surface area contributed by atoms with Crippen LogP contribution in [0.25, 0.3) is 10.4 Å². The lowest BCUT2D eigenvalue weighted by atomic mass is 10.1. The third kappa shape index (κ3) is 2.25. The van der Waals surface area contributed by atoms with E-state index < -0.39 is 5.97 Å². The van der Waals surface area contributed by atoms with Crippen LogP contribution in [0.15, 0.2) is 24.5 Å². The zero-order valence-corrected chi connectivity index (χ0v) is 9.49. The molecule has 0 aliphatic carbocycles. The van der Waals surface area contributed by atoms with Gasteiger partial charge in [0.15, 0.2) is 0 Å². The summed E-state index contributed by atoms with van der Waals surface area (Å²) in [5, 5.41) is 9.68. The summed E-state index contributed by atoms with van der Waals surface area (Å²) in [6.45, 7) is 1.88. The summed E-state index contributed by atoms with van der Waals surface area (Å²) >= 11 is 1.51. The summed E-state index contributed by atoms with van der Waals surface area (Å²) in [5.41, 5.74) is 1.60. The molecular weight excluding hydrogens is 224 g/mol. The topological polar surface area (TPSA) is 63.1 Å². The van der Waals surface area contributed by atoms with Crippen molar-refractivity contribution in [3.63, 3.8) is 0 Å². The third-order valence-corrected chi connectivity index (χ3v) is 3.13. The number of carboxylic acids is 1. The number of aliphatic carboxylic acids is 1. The van der Waals surface area contributed by atoms with Crippen molar-refractivity contribution in [2.75, 3.05) is 0 Å². The predicted octanol–water partition coefficient (Wildman–Crippen LogP) is 2.14. The third-order valence-electron chi connectivity index (χ3n) is 2.07. The van der Waals surface area contributed by atoms with Crippen molar-refractivity contribution in [1.29, 1.82) is 0 Å². The number of carboxylic acid groups (broad SMARTS) is 1. The van der Waals surface area contributed by atoms with Gasteiger partial charge in [0, 0.05) is 12.4 Å². The van der Waals surface area contributed by atoms with E-state index in [4.69, 9.17) is 5.11 Å². The molecule has 2 heterocycles. The van der Waals surface area contributed by atoms with Crippen LogP contribution in [-0.4, -0.2) is 21.0 Å². The van der Waals surface area contributed by atoms with Crippen molar-refractivity contribution in [3.8, 4) is 10.4 Å². The molecule has 5 heteroatoms. The number of aryl methyl sites for hydroxylation is 1.